The Morgan fingerprint density at radius 1 is 1.17 bits per heavy atom. The molecule has 1 aliphatic rings. The number of nitrogens with zero attached hydrogens (tertiary/aromatic N) is 2. The molecule has 0 atom stereocenters. The van der Waals surface area contributed by atoms with E-state index < -0.39 is 0 Å². The fourth-order valence-electron chi connectivity index (χ4n) is 2.55. The molecule has 1 heterocycles. The van der Waals surface area contributed by atoms with Gasteiger partial charge in [-0.25, -0.2) is 0 Å². The lowest BCUT2D eigenvalue weighted by Gasteiger charge is -2.27. The molecule has 0 saturated heterocycles. The maximum absolute atomic E-state index is 12.4. The Kier molecular flexibility index (Phi) is 4.10. The molecule has 3 rings (SSSR count). The summed E-state index contributed by atoms with van der Waals surface area (Å²) in [6, 6.07) is 13.3. The molecule has 0 aliphatic carbocycles. The van der Waals surface area contributed by atoms with Gasteiger partial charge in [-0.3, -0.25) is 4.79 Å². The molecule has 120 valence electrons. The molecule has 0 saturated carbocycles. The van der Waals surface area contributed by atoms with Crippen LogP contribution in [0.15, 0.2) is 42.5 Å². The minimum Gasteiger partial charge on any atom is -0.489 e. The molecular weight excluding hydrogens is 290 g/mol. The summed E-state index contributed by atoms with van der Waals surface area (Å²) in [5.74, 6) is 0.680. The average molecular weight is 311 g/mol. The van der Waals surface area contributed by atoms with Crippen LogP contribution < -0.4 is 19.9 Å². The van der Waals surface area contributed by atoms with Gasteiger partial charge in [0.1, 0.15) is 12.4 Å². The van der Waals surface area contributed by atoms with Crippen LogP contribution in [0.1, 0.15) is 10.4 Å². The van der Waals surface area contributed by atoms with Crippen molar-refractivity contribution in [3.05, 3.63) is 48.0 Å². The van der Waals surface area contributed by atoms with Crippen molar-refractivity contribution >= 4 is 23.0 Å². The van der Waals surface area contributed by atoms with Crippen LogP contribution in [-0.4, -0.2) is 40.2 Å². The van der Waals surface area contributed by atoms with Gasteiger partial charge < -0.3 is 19.9 Å². The minimum atomic E-state index is -0.126. The molecule has 23 heavy (non-hydrogen) atoms. The molecule has 0 bridgehead atoms. The van der Waals surface area contributed by atoms with E-state index in [4.69, 9.17) is 4.74 Å². The van der Waals surface area contributed by atoms with E-state index in [-0.39, 0.29) is 5.91 Å². The third kappa shape index (κ3) is 3.23. The van der Waals surface area contributed by atoms with Crippen LogP contribution >= 0.6 is 0 Å². The number of hydrogen-bond donors (Lipinski definition) is 1. The van der Waals surface area contributed by atoms with Gasteiger partial charge >= 0.3 is 0 Å². The second kappa shape index (κ2) is 6.20. The van der Waals surface area contributed by atoms with Crippen LogP contribution in [0, 0.1) is 0 Å². The molecule has 1 aliphatic heterocycles. The van der Waals surface area contributed by atoms with Gasteiger partial charge in [-0.1, -0.05) is 0 Å². The maximum atomic E-state index is 12.4. The topological polar surface area (TPSA) is 44.8 Å². The SMILES string of the molecule is CN(C)c1ccc(C(=O)Nc2ccc3c(c2)OCCN3C)cc1. The standard InChI is InChI=1S/C18H21N3O2/c1-20(2)15-7-4-13(5-8-15)18(22)19-14-6-9-16-17(12-14)23-11-10-21(16)3/h4-9,12H,10-11H2,1-3H3,(H,19,22). The predicted molar refractivity (Wildman–Crippen MR) is 93.9 cm³/mol. The Bertz CT molecular complexity index is 711. The lowest BCUT2D eigenvalue weighted by molar-refractivity contribution is 0.102. The van der Waals surface area contributed by atoms with E-state index in [0.29, 0.717) is 12.2 Å². The highest BCUT2D eigenvalue weighted by atomic mass is 16.5. The van der Waals surface area contributed by atoms with Crippen LogP contribution in [0.2, 0.25) is 0 Å². The summed E-state index contributed by atoms with van der Waals surface area (Å²) < 4.78 is 5.67. The van der Waals surface area contributed by atoms with Gasteiger partial charge in [0.25, 0.3) is 5.91 Å². The lowest BCUT2D eigenvalue weighted by atomic mass is 10.1. The fourth-order valence-corrected chi connectivity index (χ4v) is 2.55. The highest BCUT2D eigenvalue weighted by Crippen LogP contribution is 2.33. The molecule has 0 fully saturated rings. The Morgan fingerprint density at radius 2 is 1.91 bits per heavy atom. The van der Waals surface area contributed by atoms with Crippen molar-refractivity contribution in [2.45, 2.75) is 0 Å². The number of carbonyl (C=O) groups excluding carboxylic acids is 1. The zero-order valence-corrected chi connectivity index (χ0v) is 13.7. The number of benzene rings is 2. The summed E-state index contributed by atoms with van der Waals surface area (Å²) in [7, 11) is 5.98. The zero-order chi connectivity index (χ0) is 16.4. The van der Waals surface area contributed by atoms with Crippen LogP contribution in [0.3, 0.4) is 0 Å². The molecule has 0 radical (unpaired) electrons. The summed E-state index contributed by atoms with van der Waals surface area (Å²) in [5.41, 5.74) is 3.48. The van der Waals surface area contributed by atoms with Crippen LogP contribution in [-0.2, 0) is 0 Å². The van der Waals surface area contributed by atoms with Crippen LogP contribution in [0.4, 0.5) is 17.1 Å². The van der Waals surface area contributed by atoms with Crippen molar-refractivity contribution in [3.8, 4) is 5.75 Å². The highest BCUT2D eigenvalue weighted by molar-refractivity contribution is 6.04. The van der Waals surface area contributed by atoms with Crippen molar-refractivity contribution in [3.63, 3.8) is 0 Å². The van der Waals surface area contributed by atoms with Crippen molar-refractivity contribution in [1.29, 1.82) is 0 Å². The van der Waals surface area contributed by atoms with Gasteiger partial charge in [-0.05, 0) is 36.4 Å². The number of nitrogens with one attached hydrogen (secondary N) is 1. The van der Waals surface area contributed by atoms with Gasteiger partial charge in [0.15, 0.2) is 0 Å². The molecule has 1 amide bonds. The number of amides is 1. The second-order valence-corrected chi connectivity index (χ2v) is 5.85. The normalized spacial score (nSPS) is 13.1. The lowest BCUT2D eigenvalue weighted by Crippen LogP contribution is -2.28. The van der Waals surface area contributed by atoms with E-state index in [1.165, 1.54) is 0 Å². The Balaban J connectivity index is 1.75. The zero-order valence-electron chi connectivity index (χ0n) is 13.7. The van der Waals surface area contributed by atoms with Crippen molar-refractivity contribution < 1.29 is 9.53 Å². The predicted octanol–water partition coefficient (Wildman–Crippen LogP) is 2.83. The molecule has 5 nitrogen and oxygen atoms in total. The Hall–Kier alpha value is -2.69. The van der Waals surface area contributed by atoms with Gasteiger partial charge in [0, 0.05) is 44.1 Å². The third-order valence-corrected chi connectivity index (χ3v) is 3.96. The minimum absolute atomic E-state index is 0.126. The molecule has 5 heteroatoms. The summed E-state index contributed by atoms with van der Waals surface area (Å²) in [6.07, 6.45) is 0. The highest BCUT2D eigenvalue weighted by Gasteiger charge is 2.16. The van der Waals surface area contributed by atoms with Gasteiger partial charge in [0.2, 0.25) is 0 Å². The average Bonchev–Trinajstić information content (AvgIpc) is 2.55. The largest absolute Gasteiger partial charge is 0.489 e. The van der Waals surface area contributed by atoms with E-state index in [0.717, 1.165) is 29.4 Å². The van der Waals surface area contributed by atoms with E-state index in [1.807, 2.05) is 68.5 Å². The Morgan fingerprint density at radius 3 is 2.61 bits per heavy atom. The first kappa shape index (κ1) is 15.2. The van der Waals surface area contributed by atoms with Crippen molar-refractivity contribution in [2.24, 2.45) is 0 Å². The number of carbonyl (C=O) groups is 1. The third-order valence-electron chi connectivity index (χ3n) is 3.96. The van der Waals surface area contributed by atoms with Gasteiger partial charge in [0.05, 0.1) is 12.2 Å². The van der Waals surface area contributed by atoms with Crippen LogP contribution in [0.5, 0.6) is 5.75 Å². The first-order valence-electron chi connectivity index (χ1n) is 7.61. The molecule has 2 aromatic carbocycles. The van der Waals surface area contributed by atoms with Crippen molar-refractivity contribution in [2.75, 3.05) is 49.4 Å². The summed E-state index contributed by atoms with van der Waals surface area (Å²) in [5, 5.41) is 2.92. The van der Waals surface area contributed by atoms with Crippen LogP contribution in [0.25, 0.3) is 0 Å². The number of ether oxygens (including phenoxy) is 1. The second-order valence-electron chi connectivity index (χ2n) is 5.85. The molecule has 1 N–H and O–H groups in total. The van der Waals surface area contributed by atoms with Gasteiger partial charge in [-0.15, -0.1) is 0 Å². The summed E-state index contributed by atoms with van der Waals surface area (Å²) in [4.78, 5) is 16.5. The maximum Gasteiger partial charge on any atom is 0.255 e. The molecule has 0 spiro atoms. The smallest absolute Gasteiger partial charge is 0.255 e. The first-order valence-corrected chi connectivity index (χ1v) is 7.61. The number of likely N-dealkylation sites (N-methyl/N-ethyl adjacent to an activating group) is 1. The summed E-state index contributed by atoms with van der Waals surface area (Å²) in [6.45, 7) is 1.53. The summed E-state index contributed by atoms with van der Waals surface area (Å²) >= 11 is 0. The Labute approximate surface area is 136 Å². The molecular formula is C18H21N3O2. The molecule has 0 aromatic heterocycles. The number of hydrogen-bond acceptors (Lipinski definition) is 4. The van der Waals surface area contributed by atoms with E-state index in [9.17, 15) is 4.79 Å². The number of anilines is 3. The quantitative estimate of drug-likeness (QED) is 0.947. The van der Waals surface area contributed by atoms with E-state index in [2.05, 4.69) is 10.2 Å². The monoisotopic (exact) mass is 311 g/mol. The van der Waals surface area contributed by atoms with E-state index in [1.54, 1.807) is 0 Å². The first-order chi connectivity index (χ1) is 11.0. The number of fused-ring (bicyclic) bond motifs is 1. The molecule has 2 aromatic rings. The molecule has 0 unspecified atom stereocenters. The van der Waals surface area contributed by atoms with Gasteiger partial charge in [-0.2, -0.15) is 0 Å². The van der Waals surface area contributed by atoms with E-state index >= 15 is 0 Å². The number of rotatable bonds is 3. The van der Waals surface area contributed by atoms with Crippen molar-refractivity contribution in [1.82, 2.24) is 0 Å². The fraction of sp³-hybridized carbons (Fsp3) is 0.278.